The molecule has 1 N–H and O–H groups in total. The van der Waals surface area contributed by atoms with Crippen LogP contribution in [0.4, 0.5) is 0 Å². The molecule has 0 aromatic heterocycles. The number of allylic oxidation sites excluding steroid dienone is 1. The molecular weight excluding hydrogens is 196 g/mol. The predicted molar refractivity (Wildman–Crippen MR) is 70.5 cm³/mol. The molecule has 0 saturated heterocycles. The molecule has 0 amide bonds. The van der Waals surface area contributed by atoms with Gasteiger partial charge >= 0.3 is 0 Å². The molecule has 0 fully saturated rings. The first-order valence-corrected chi connectivity index (χ1v) is 5.99. The van der Waals surface area contributed by atoms with Crippen molar-refractivity contribution < 1.29 is 5.11 Å². The molecule has 1 nitrogen and oxygen atoms in total. The highest BCUT2D eigenvalue weighted by Gasteiger charge is 2.06. The largest absolute Gasteiger partial charge is 0.507 e. The maximum Gasteiger partial charge on any atom is 0.125 e. The van der Waals surface area contributed by atoms with E-state index in [1.807, 2.05) is 24.3 Å². The average Bonchev–Trinajstić information content (AvgIpc) is 2.18. The Balaban J connectivity index is 2.94. The van der Waals surface area contributed by atoms with Crippen LogP contribution in [0.1, 0.15) is 38.8 Å². The van der Waals surface area contributed by atoms with E-state index >= 15 is 0 Å². The van der Waals surface area contributed by atoms with Crippen molar-refractivity contribution in [1.82, 2.24) is 0 Å². The van der Waals surface area contributed by atoms with Crippen molar-refractivity contribution in [1.29, 1.82) is 0 Å². The first kappa shape index (κ1) is 12.8. The van der Waals surface area contributed by atoms with Crippen LogP contribution < -0.4 is 0 Å². The van der Waals surface area contributed by atoms with E-state index in [1.165, 1.54) is 0 Å². The summed E-state index contributed by atoms with van der Waals surface area (Å²) in [5.41, 5.74) is 1.97. The minimum absolute atomic E-state index is 0.438. The fourth-order valence-electron chi connectivity index (χ4n) is 1.65. The molecule has 0 saturated carbocycles. The molecule has 0 spiro atoms. The Morgan fingerprint density at radius 2 is 1.88 bits per heavy atom. The van der Waals surface area contributed by atoms with Crippen molar-refractivity contribution in [3.63, 3.8) is 0 Å². The first-order chi connectivity index (χ1) is 7.50. The lowest BCUT2D eigenvalue weighted by Gasteiger charge is -2.09. The summed E-state index contributed by atoms with van der Waals surface area (Å²) >= 11 is 0. The highest BCUT2D eigenvalue weighted by molar-refractivity contribution is 5.59. The number of benzene rings is 1. The normalized spacial score (nSPS) is 11.9. The topological polar surface area (TPSA) is 20.2 Å². The molecule has 0 aliphatic carbocycles. The second-order valence-electron chi connectivity index (χ2n) is 5.06. The van der Waals surface area contributed by atoms with Gasteiger partial charge in [-0.15, -0.1) is 0 Å². The van der Waals surface area contributed by atoms with Crippen LogP contribution in [-0.2, 0) is 6.42 Å². The summed E-state index contributed by atoms with van der Waals surface area (Å²) in [5, 5.41) is 10.1. The van der Waals surface area contributed by atoms with Gasteiger partial charge in [0.15, 0.2) is 0 Å². The Hall–Kier alpha value is -1.24. The quantitative estimate of drug-likeness (QED) is 0.800. The molecule has 1 aromatic rings. The third kappa shape index (κ3) is 3.73. The Labute approximate surface area is 98.8 Å². The molecule has 88 valence electrons. The van der Waals surface area contributed by atoms with E-state index < -0.39 is 0 Å². The van der Waals surface area contributed by atoms with Crippen LogP contribution in [0.2, 0.25) is 0 Å². The molecule has 0 heterocycles. The highest BCUT2D eigenvalue weighted by Crippen LogP contribution is 2.26. The monoisotopic (exact) mass is 218 g/mol. The summed E-state index contributed by atoms with van der Waals surface area (Å²) in [6.45, 7) is 8.59. The molecule has 0 aliphatic rings. The van der Waals surface area contributed by atoms with E-state index in [9.17, 15) is 5.11 Å². The van der Waals surface area contributed by atoms with E-state index in [0.29, 0.717) is 17.6 Å². The van der Waals surface area contributed by atoms with E-state index in [0.717, 1.165) is 17.5 Å². The maximum atomic E-state index is 10.1. The lowest BCUT2D eigenvalue weighted by atomic mass is 9.99. The zero-order valence-electron chi connectivity index (χ0n) is 10.7. The molecule has 0 aliphatic heterocycles. The van der Waals surface area contributed by atoms with Crippen LogP contribution in [0.25, 0.3) is 6.08 Å². The van der Waals surface area contributed by atoms with Crippen molar-refractivity contribution >= 4 is 6.08 Å². The van der Waals surface area contributed by atoms with E-state index in [-0.39, 0.29) is 0 Å². The van der Waals surface area contributed by atoms with Gasteiger partial charge in [0.1, 0.15) is 5.75 Å². The van der Waals surface area contributed by atoms with Gasteiger partial charge in [-0.3, -0.25) is 0 Å². The molecule has 1 heteroatoms. The van der Waals surface area contributed by atoms with Crippen LogP contribution in [0.3, 0.4) is 0 Å². The third-order valence-electron chi connectivity index (χ3n) is 2.44. The second-order valence-corrected chi connectivity index (χ2v) is 5.06. The maximum absolute atomic E-state index is 10.1. The van der Waals surface area contributed by atoms with Crippen molar-refractivity contribution in [2.45, 2.75) is 34.1 Å². The summed E-state index contributed by atoms with van der Waals surface area (Å²) in [4.78, 5) is 0. The Morgan fingerprint density at radius 1 is 1.19 bits per heavy atom. The average molecular weight is 218 g/mol. The van der Waals surface area contributed by atoms with Gasteiger partial charge in [0, 0.05) is 5.56 Å². The molecule has 16 heavy (non-hydrogen) atoms. The van der Waals surface area contributed by atoms with Crippen LogP contribution in [0.5, 0.6) is 5.75 Å². The van der Waals surface area contributed by atoms with Gasteiger partial charge in [-0.1, -0.05) is 58.0 Å². The standard InChI is InChI=1S/C15H22O/c1-11(2)8-9-13-6-5-7-14(15(13)16)10-12(3)4/h5-9,11-12,16H,10H2,1-4H3/b9-8+. The summed E-state index contributed by atoms with van der Waals surface area (Å²) < 4.78 is 0. The first-order valence-electron chi connectivity index (χ1n) is 5.99. The third-order valence-corrected chi connectivity index (χ3v) is 2.44. The molecule has 0 bridgehead atoms. The number of phenolic OH excluding ortho intramolecular Hbond substituents is 1. The van der Waals surface area contributed by atoms with Crippen molar-refractivity contribution in [2.75, 3.05) is 0 Å². The minimum Gasteiger partial charge on any atom is -0.507 e. The number of para-hydroxylation sites is 1. The zero-order valence-corrected chi connectivity index (χ0v) is 10.7. The van der Waals surface area contributed by atoms with Gasteiger partial charge in [-0.2, -0.15) is 0 Å². The smallest absolute Gasteiger partial charge is 0.125 e. The molecule has 1 aromatic carbocycles. The second kappa shape index (κ2) is 5.74. The summed E-state index contributed by atoms with van der Waals surface area (Å²) in [5.74, 6) is 1.51. The Kier molecular flexibility index (Phi) is 4.60. The number of hydrogen-bond donors (Lipinski definition) is 1. The van der Waals surface area contributed by atoms with Crippen molar-refractivity contribution in [3.05, 3.63) is 35.4 Å². The molecule has 1 rings (SSSR count). The van der Waals surface area contributed by atoms with E-state index in [1.54, 1.807) is 0 Å². The van der Waals surface area contributed by atoms with Crippen LogP contribution >= 0.6 is 0 Å². The van der Waals surface area contributed by atoms with Gasteiger partial charge < -0.3 is 5.11 Å². The van der Waals surface area contributed by atoms with Gasteiger partial charge in [0.05, 0.1) is 0 Å². The lowest BCUT2D eigenvalue weighted by Crippen LogP contribution is -1.95. The minimum atomic E-state index is 0.438. The fraction of sp³-hybridized carbons (Fsp3) is 0.467. The number of hydrogen-bond acceptors (Lipinski definition) is 1. The molecule has 0 radical (unpaired) electrons. The van der Waals surface area contributed by atoms with Gasteiger partial charge in [-0.25, -0.2) is 0 Å². The molecule has 0 unspecified atom stereocenters. The Morgan fingerprint density at radius 3 is 2.44 bits per heavy atom. The number of rotatable bonds is 4. The van der Waals surface area contributed by atoms with Gasteiger partial charge in [0.25, 0.3) is 0 Å². The van der Waals surface area contributed by atoms with Crippen LogP contribution in [0, 0.1) is 11.8 Å². The van der Waals surface area contributed by atoms with E-state index in [4.69, 9.17) is 0 Å². The van der Waals surface area contributed by atoms with Gasteiger partial charge in [-0.05, 0) is 23.8 Å². The molecule has 0 atom stereocenters. The van der Waals surface area contributed by atoms with E-state index in [2.05, 4.69) is 33.8 Å². The summed E-state index contributed by atoms with van der Waals surface area (Å²) in [6.07, 6.45) is 5.03. The fourth-order valence-corrected chi connectivity index (χ4v) is 1.65. The Bertz CT molecular complexity index is 362. The summed E-state index contributed by atoms with van der Waals surface area (Å²) in [6, 6.07) is 5.97. The zero-order chi connectivity index (χ0) is 12.1. The lowest BCUT2D eigenvalue weighted by molar-refractivity contribution is 0.461. The van der Waals surface area contributed by atoms with Crippen molar-refractivity contribution in [2.24, 2.45) is 11.8 Å². The van der Waals surface area contributed by atoms with Crippen molar-refractivity contribution in [3.8, 4) is 5.75 Å². The van der Waals surface area contributed by atoms with Crippen LogP contribution in [-0.4, -0.2) is 5.11 Å². The SMILES string of the molecule is CC(C)/C=C/c1cccc(CC(C)C)c1O. The predicted octanol–water partition coefficient (Wildman–Crippen LogP) is 4.26. The van der Waals surface area contributed by atoms with Crippen LogP contribution in [0.15, 0.2) is 24.3 Å². The number of aromatic hydroxyl groups is 1. The molecular formula is C15H22O. The number of phenols is 1. The summed E-state index contributed by atoms with van der Waals surface area (Å²) in [7, 11) is 0. The van der Waals surface area contributed by atoms with Gasteiger partial charge in [0.2, 0.25) is 0 Å². The highest BCUT2D eigenvalue weighted by atomic mass is 16.3.